The van der Waals surface area contributed by atoms with Gasteiger partial charge in [0, 0.05) is 36.2 Å². The predicted molar refractivity (Wildman–Crippen MR) is 108 cm³/mol. The van der Waals surface area contributed by atoms with Crippen LogP contribution in [0, 0.1) is 6.92 Å². The molecule has 2 aromatic carbocycles. The minimum absolute atomic E-state index is 0.0307. The first kappa shape index (κ1) is 19.2. The number of benzene rings is 2. The van der Waals surface area contributed by atoms with Crippen LogP contribution in [0.1, 0.15) is 48.4 Å². The molecular weight excluding hydrogens is 340 g/mol. The van der Waals surface area contributed by atoms with Crippen molar-refractivity contribution >= 4 is 11.6 Å². The first-order valence-electron chi connectivity index (χ1n) is 9.49. The van der Waals surface area contributed by atoms with E-state index in [1.165, 1.54) is 0 Å². The van der Waals surface area contributed by atoms with Gasteiger partial charge in [-0.25, -0.2) is 0 Å². The maximum Gasteiger partial charge on any atom is 0.225 e. The molecule has 1 amide bonds. The average molecular weight is 368 g/mol. The fourth-order valence-electron chi connectivity index (χ4n) is 3.74. The van der Waals surface area contributed by atoms with Crippen LogP contribution in [-0.4, -0.2) is 36.1 Å². The number of nitrogens with one attached hydrogen (secondary N) is 1. The van der Waals surface area contributed by atoms with Crippen LogP contribution in [0.25, 0.3) is 0 Å². The van der Waals surface area contributed by atoms with Gasteiger partial charge in [0.15, 0.2) is 0 Å². The molecule has 0 saturated carbocycles. The summed E-state index contributed by atoms with van der Waals surface area (Å²) in [4.78, 5) is 14.6. The number of hydrogen-bond acceptors (Lipinski definition) is 4. The number of carbonyl (C=O) groups excluding carboxylic acids is 1. The molecule has 1 aliphatic rings. The molecule has 0 radical (unpaired) electrons. The largest absolute Gasteiger partial charge is 0.508 e. The highest BCUT2D eigenvalue weighted by Gasteiger charge is 2.28. The lowest BCUT2D eigenvalue weighted by Crippen LogP contribution is -2.24. The summed E-state index contributed by atoms with van der Waals surface area (Å²) in [5.41, 5.74) is 4.77. The van der Waals surface area contributed by atoms with E-state index in [-0.39, 0.29) is 17.6 Å². The van der Waals surface area contributed by atoms with E-state index in [9.17, 15) is 9.90 Å². The summed E-state index contributed by atoms with van der Waals surface area (Å²) in [5.74, 6) is 1.01. The Hall–Kier alpha value is -2.53. The summed E-state index contributed by atoms with van der Waals surface area (Å²) in [6.07, 6.45) is 0.397. The van der Waals surface area contributed by atoms with Crippen molar-refractivity contribution in [2.24, 2.45) is 0 Å². The molecule has 2 aromatic rings. The normalized spacial score (nSPS) is 16.2. The maximum absolute atomic E-state index is 12.3. The first-order chi connectivity index (χ1) is 13.0. The summed E-state index contributed by atoms with van der Waals surface area (Å²) >= 11 is 0. The molecule has 0 spiro atoms. The van der Waals surface area contributed by atoms with Gasteiger partial charge in [0.1, 0.15) is 11.5 Å². The minimum atomic E-state index is -0.0330. The highest BCUT2D eigenvalue weighted by Crippen LogP contribution is 2.41. The molecule has 1 aliphatic heterocycles. The number of amides is 1. The lowest BCUT2D eigenvalue weighted by atomic mass is 9.83. The summed E-state index contributed by atoms with van der Waals surface area (Å²) < 4.78 is 5.56. The Labute approximate surface area is 161 Å². The SMILES string of the molecule is CCN(CC)Cc1cc([C@@H]2CC(=O)Nc3cc(O)c(C)cc32)ccc1OC. The number of phenols is 1. The highest BCUT2D eigenvalue weighted by molar-refractivity contribution is 5.95. The van der Waals surface area contributed by atoms with E-state index in [0.29, 0.717) is 12.1 Å². The van der Waals surface area contributed by atoms with E-state index in [2.05, 4.69) is 30.1 Å². The predicted octanol–water partition coefficient (Wildman–Crippen LogP) is 4.03. The summed E-state index contributed by atoms with van der Waals surface area (Å²) in [5, 5.41) is 12.9. The molecule has 0 aromatic heterocycles. The van der Waals surface area contributed by atoms with Crippen LogP contribution in [0.3, 0.4) is 0 Å². The van der Waals surface area contributed by atoms with Crippen molar-refractivity contribution in [3.8, 4) is 11.5 Å². The van der Waals surface area contributed by atoms with Gasteiger partial charge in [0.25, 0.3) is 0 Å². The van der Waals surface area contributed by atoms with Crippen molar-refractivity contribution in [2.75, 3.05) is 25.5 Å². The zero-order chi connectivity index (χ0) is 19.6. The quantitative estimate of drug-likeness (QED) is 0.808. The van der Waals surface area contributed by atoms with E-state index in [4.69, 9.17) is 4.74 Å². The highest BCUT2D eigenvalue weighted by atomic mass is 16.5. The zero-order valence-corrected chi connectivity index (χ0v) is 16.5. The number of rotatable bonds is 6. The van der Waals surface area contributed by atoms with Crippen LogP contribution in [-0.2, 0) is 11.3 Å². The van der Waals surface area contributed by atoms with E-state index in [1.807, 2.05) is 25.1 Å². The third-order valence-electron chi connectivity index (χ3n) is 5.40. The molecule has 2 N–H and O–H groups in total. The summed E-state index contributed by atoms with van der Waals surface area (Å²) in [6.45, 7) is 8.93. The molecule has 0 aliphatic carbocycles. The van der Waals surface area contributed by atoms with Gasteiger partial charge in [-0.05, 0) is 48.8 Å². The number of nitrogens with zero attached hydrogens (tertiary/aromatic N) is 1. The molecule has 0 unspecified atom stereocenters. The molecule has 5 heteroatoms. The molecule has 0 bridgehead atoms. The number of methoxy groups -OCH3 is 1. The lowest BCUT2D eigenvalue weighted by Gasteiger charge is -2.28. The molecule has 5 nitrogen and oxygen atoms in total. The van der Waals surface area contributed by atoms with Crippen molar-refractivity contribution in [2.45, 2.75) is 39.7 Å². The Morgan fingerprint density at radius 1 is 1.22 bits per heavy atom. The van der Waals surface area contributed by atoms with E-state index < -0.39 is 0 Å². The molecule has 0 saturated heterocycles. The van der Waals surface area contributed by atoms with Crippen LogP contribution < -0.4 is 10.1 Å². The van der Waals surface area contributed by atoms with Gasteiger partial charge in [-0.1, -0.05) is 26.0 Å². The van der Waals surface area contributed by atoms with Crippen molar-refractivity contribution < 1.29 is 14.6 Å². The van der Waals surface area contributed by atoms with Crippen LogP contribution in [0.4, 0.5) is 5.69 Å². The van der Waals surface area contributed by atoms with E-state index in [0.717, 1.165) is 47.6 Å². The molecule has 1 heterocycles. The zero-order valence-electron chi connectivity index (χ0n) is 16.5. The molecular formula is C22H28N2O3. The van der Waals surface area contributed by atoms with Crippen molar-refractivity contribution in [3.63, 3.8) is 0 Å². The van der Waals surface area contributed by atoms with Crippen molar-refractivity contribution in [1.82, 2.24) is 4.90 Å². The molecule has 0 fully saturated rings. The Morgan fingerprint density at radius 3 is 2.63 bits per heavy atom. The number of ether oxygens (including phenoxy) is 1. The van der Waals surface area contributed by atoms with Gasteiger partial charge >= 0.3 is 0 Å². The number of anilines is 1. The van der Waals surface area contributed by atoms with E-state index in [1.54, 1.807) is 13.2 Å². The number of hydrogen-bond donors (Lipinski definition) is 2. The first-order valence-corrected chi connectivity index (χ1v) is 9.49. The number of aryl methyl sites for hydroxylation is 1. The summed E-state index contributed by atoms with van der Waals surface area (Å²) in [7, 11) is 1.69. The fourth-order valence-corrected chi connectivity index (χ4v) is 3.74. The Balaban J connectivity index is 2.04. The van der Waals surface area contributed by atoms with Gasteiger partial charge in [-0.15, -0.1) is 0 Å². The van der Waals surface area contributed by atoms with Gasteiger partial charge < -0.3 is 15.2 Å². The number of carbonyl (C=O) groups is 1. The third-order valence-corrected chi connectivity index (χ3v) is 5.40. The minimum Gasteiger partial charge on any atom is -0.508 e. The lowest BCUT2D eigenvalue weighted by molar-refractivity contribution is -0.116. The number of fused-ring (bicyclic) bond motifs is 1. The third kappa shape index (κ3) is 3.93. The Bertz CT molecular complexity index is 844. The smallest absolute Gasteiger partial charge is 0.225 e. The van der Waals surface area contributed by atoms with Gasteiger partial charge in [-0.3, -0.25) is 9.69 Å². The monoisotopic (exact) mass is 368 g/mol. The van der Waals surface area contributed by atoms with Gasteiger partial charge in [0.05, 0.1) is 7.11 Å². The molecule has 1 atom stereocenters. The van der Waals surface area contributed by atoms with Crippen LogP contribution in [0.15, 0.2) is 30.3 Å². The molecule has 27 heavy (non-hydrogen) atoms. The van der Waals surface area contributed by atoms with E-state index >= 15 is 0 Å². The van der Waals surface area contributed by atoms with Crippen molar-refractivity contribution in [1.29, 1.82) is 0 Å². The maximum atomic E-state index is 12.3. The summed E-state index contributed by atoms with van der Waals surface area (Å²) in [6, 6.07) is 9.82. The second-order valence-corrected chi connectivity index (χ2v) is 7.06. The fraction of sp³-hybridized carbons (Fsp3) is 0.409. The van der Waals surface area contributed by atoms with Gasteiger partial charge in [0.2, 0.25) is 5.91 Å². The number of phenolic OH excluding ortho intramolecular Hbond substituents is 1. The average Bonchev–Trinajstić information content (AvgIpc) is 2.66. The number of aromatic hydroxyl groups is 1. The van der Waals surface area contributed by atoms with Crippen LogP contribution in [0.5, 0.6) is 11.5 Å². The Kier molecular flexibility index (Phi) is 5.71. The van der Waals surface area contributed by atoms with Crippen LogP contribution in [0.2, 0.25) is 0 Å². The standard InChI is InChI=1S/C22H28N2O3/c1-5-24(6-2)13-16-10-15(7-8-21(16)27-4)17-11-22(26)23-19-12-20(25)14(3)9-18(17)19/h7-10,12,17,25H,5-6,11,13H2,1-4H3,(H,23,26)/t17-/m0/s1. The molecule has 144 valence electrons. The van der Waals surface area contributed by atoms with Crippen molar-refractivity contribution in [3.05, 3.63) is 52.6 Å². The van der Waals surface area contributed by atoms with Crippen LogP contribution >= 0.6 is 0 Å². The second-order valence-electron chi connectivity index (χ2n) is 7.06. The second kappa shape index (κ2) is 8.01. The van der Waals surface area contributed by atoms with Gasteiger partial charge in [-0.2, -0.15) is 0 Å². The topological polar surface area (TPSA) is 61.8 Å². The Morgan fingerprint density at radius 2 is 1.96 bits per heavy atom. The molecule has 3 rings (SSSR count).